The van der Waals surface area contributed by atoms with Crippen LogP contribution in [0.2, 0.25) is 0 Å². The van der Waals surface area contributed by atoms with E-state index in [1.165, 1.54) is 0 Å². The standard InChI is InChI=1S/C16H28N2O2/c1-3-14(13(2)16(17)19)12-18-10-7-11-20-15-8-5-4-6-9-15/h5,8-9,13-14,18H,3-4,6-7,10-12H2,1-2H3,(H2,17,19). The number of nitrogens with one attached hydrogen (secondary N) is 1. The first-order chi connectivity index (χ1) is 9.65. The number of hydrogen-bond acceptors (Lipinski definition) is 3. The number of carbonyl (C=O) groups is 1. The van der Waals surface area contributed by atoms with Crippen LogP contribution in [0.4, 0.5) is 0 Å². The van der Waals surface area contributed by atoms with Gasteiger partial charge in [0.05, 0.1) is 6.61 Å². The summed E-state index contributed by atoms with van der Waals surface area (Å²) < 4.78 is 5.66. The first kappa shape index (κ1) is 16.8. The highest BCUT2D eigenvalue weighted by Gasteiger charge is 2.19. The number of ether oxygens (including phenoxy) is 1. The second kappa shape index (κ2) is 9.59. The molecule has 2 unspecified atom stereocenters. The topological polar surface area (TPSA) is 64.3 Å². The lowest BCUT2D eigenvalue weighted by molar-refractivity contribution is -0.122. The summed E-state index contributed by atoms with van der Waals surface area (Å²) >= 11 is 0. The molecule has 4 nitrogen and oxygen atoms in total. The van der Waals surface area contributed by atoms with Gasteiger partial charge in [-0.25, -0.2) is 0 Å². The van der Waals surface area contributed by atoms with Gasteiger partial charge >= 0.3 is 0 Å². The lowest BCUT2D eigenvalue weighted by Gasteiger charge is -2.20. The van der Waals surface area contributed by atoms with Gasteiger partial charge in [-0.05, 0) is 50.4 Å². The fourth-order valence-corrected chi connectivity index (χ4v) is 2.28. The average Bonchev–Trinajstić information content (AvgIpc) is 2.47. The molecule has 0 radical (unpaired) electrons. The number of hydrogen-bond donors (Lipinski definition) is 2. The van der Waals surface area contributed by atoms with E-state index in [1.54, 1.807) is 0 Å². The van der Waals surface area contributed by atoms with E-state index in [2.05, 4.69) is 24.4 Å². The molecule has 0 saturated carbocycles. The highest BCUT2D eigenvalue weighted by molar-refractivity contribution is 5.76. The van der Waals surface area contributed by atoms with Gasteiger partial charge in [0, 0.05) is 5.92 Å². The van der Waals surface area contributed by atoms with Crippen molar-refractivity contribution in [3.63, 3.8) is 0 Å². The van der Waals surface area contributed by atoms with Crippen LogP contribution in [-0.4, -0.2) is 25.6 Å². The third-order valence-electron chi connectivity index (χ3n) is 3.81. The first-order valence-corrected chi connectivity index (χ1v) is 7.64. The van der Waals surface area contributed by atoms with E-state index < -0.39 is 0 Å². The van der Waals surface area contributed by atoms with Gasteiger partial charge < -0.3 is 15.8 Å². The van der Waals surface area contributed by atoms with Crippen molar-refractivity contribution in [3.05, 3.63) is 24.0 Å². The molecule has 0 aromatic carbocycles. The zero-order valence-electron chi connectivity index (χ0n) is 12.7. The largest absolute Gasteiger partial charge is 0.494 e. The Morgan fingerprint density at radius 1 is 1.50 bits per heavy atom. The Labute approximate surface area is 122 Å². The van der Waals surface area contributed by atoms with Crippen molar-refractivity contribution in [3.8, 4) is 0 Å². The van der Waals surface area contributed by atoms with Gasteiger partial charge in [-0.1, -0.05) is 26.3 Å². The van der Waals surface area contributed by atoms with Crippen LogP contribution in [-0.2, 0) is 9.53 Å². The molecule has 0 aromatic heterocycles. The molecular formula is C16H28N2O2. The summed E-state index contributed by atoms with van der Waals surface area (Å²) in [5, 5.41) is 3.38. The fraction of sp³-hybridized carbons (Fsp3) is 0.688. The summed E-state index contributed by atoms with van der Waals surface area (Å²) in [6.45, 7) is 6.47. The SMILES string of the molecule is CCC(CNCCCOC1=CCCC=C1)C(C)C(N)=O. The number of rotatable bonds is 10. The van der Waals surface area contributed by atoms with E-state index in [9.17, 15) is 4.79 Å². The van der Waals surface area contributed by atoms with Crippen molar-refractivity contribution in [1.29, 1.82) is 0 Å². The fourth-order valence-electron chi connectivity index (χ4n) is 2.28. The Balaban J connectivity index is 2.07. The van der Waals surface area contributed by atoms with Gasteiger partial charge in [0.2, 0.25) is 5.91 Å². The van der Waals surface area contributed by atoms with Crippen LogP contribution < -0.4 is 11.1 Å². The zero-order chi connectivity index (χ0) is 14.8. The Kier molecular flexibility index (Phi) is 8.04. The molecule has 1 rings (SSSR count). The molecule has 1 amide bonds. The highest BCUT2D eigenvalue weighted by Crippen LogP contribution is 2.14. The number of carbonyl (C=O) groups excluding carboxylic acids is 1. The van der Waals surface area contributed by atoms with Crippen LogP contribution in [0.3, 0.4) is 0 Å². The van der Waals surface area contributed by atoms with E-state index >= 15 is 0 Å². The summed E-state index contributed by atoms with van der Waals surface area (Å²) in [7, 11) is 0. The van der Waals surface area contributed by atoms with Crippen LogP contribution in [0.15, 0.2) is 24.0 Å². The van der Waals surface area contributed by atoms with E-state index in [1.807, 2.05) is 13.0 Å². The smallest absolute Gasteiger partial charge is 0.220 e. The Hall–Kier alpha value is -1.29. The molecule has 0 aromatic rings. The van der Waals surface area contributed by atoms with Crippen LogP contribution in [0.25, 0.3) is 0 Å². The molecule has 3 N–H and O–H groups in total. The molecule has 114 valence electrons. The van der Waals surface area contributed by atoms with Crippen LogP contribution in [0, 0.1) is 11.8 Å². The lowest BCUT2D eigenvalue weighted by Crippen LogP contribution is -2.34. The van der Waals surface area contributed by atoms with Crippen molar-refractivity contribution < 1.29 is 9.53 Å². The van der Waals surface area contributed by atoms with Gasteiger partial charge in [-0.2, -0.15) is 0 Å². The predicted molar refractivity (Wildman–Crippen MR) is 82.0 cm³/mol. The van der Waals surface area contributed by atoms with Crippen LogP contribution in [0.1, 0.15) is 39.5 Å². The molecule has 4 heteroatoms. The van der Waals surface area contributed by atoms with Crippen molar-refractivity contribution in [1.82, 2.24) is 5.32 Å². The minimum atomic E-state index is -0.210. The average molecular weight is 280 g/mol. The number of nitrogens with two attached hydrogens (primary N) is 1. The van der Waals surface area contributed by atoms with E-state index in [-0.39, 0.29) is 11.8 Å². The maximum Gasteiger partial charge on any atom is 0.220 e. The molecule has 0 spiro atoms. The Morgan fingerprint density at radius 3 is 2.90 bits per heavy atom. The lowest BCUT2D eigenvalue weighted by atomic mass is 9.91. The van der Waals surface area contributed by atoms with Crippen molar-refractivity contribution in [2.24, 2.45) is 17.6 Å². The minimum Gasteiger partial charge on any atom is -0.494 e. The van der Waals surface area contributed by atoms with Crippen molar-refractivity contribution in [2.45, 2.75) is 39.5 Å². The summed E-state index contributed by atoms with van der Waals surface area (Å²) in [6.07, 6.45) is 10.4. The number of amides is 1. The second-order valence-electron chi connectivity index (χ2n) is 5.35. The maximum atomic E-state index is 11.2. The summed E-state index contributed by atoms with van der Waals surface area (Å²) in [5.41, 5.74) is 5.35. The van der Waals surface area contributed by atoms with E-state index in [0.717, 1.165) is 51.1 Å². The number of primary amides is 1. The highest BCUT2D eigenvalue weighted by atomic mass is 16.5. The normalized spacial score (nSPS) is 17.4. The Morgan fingerprint density at radius 2 is 2.30 bits per heavy atom. The molecule has 0 bridgehead atoms. The quantitative estimate of drug-likeness (QED) is 0.604. The molecule has 0 heterocycles. The summed E-state index contributed by atoms with van der Waals surface area (Å²) in [6, 6.07) is 0. The molecule has 2 atom stereocenters. The third-order valence-corrected chi connectivity index (χ3v) is 3.81. The molecule has 0 fully saturated rings. The molecule has 1 aliphatic rings. The third kappa shape index (κ3) is 6.24. The summed E-state index contributed by atoms with van der Waals surface area (Å²) in [5.74, 6) is 1.03. The van der Waals surface area contributed by atoms with Gasteiger partial charge in [-0.3, -0.25) is 4.79 Å². The first-order valence-electron chi connectivity index (χ1n) is 7.64. The van der Waals surface area contributed by atoms with Crippen LogP contribution in [0.5, 0.6) is 0 Å². The van der Waals surface area contributed by atoms with E-state index in [0.29, 0.717) is 5.92 Å². The van der Waals surface area contributed by atoms with Gasteiger partial charge in [0.25, 0.3) is 0 Å². The molecule has 0 aliphatic heterocycles. The van der Waals surface area contributed by atoms with Gasteiger partial charge in [0.15, 0.2) is 0 Å². The van der Waals surface area contributed by atoms with Crippen molar-refractivity contribution in [2.75, 3.05) is 19.7 Å². The maximum absolute atomic E-state index is 11.2. The van der Waals surface area contributed by atoms with E-state index in [4.69, 9.17) is 10.5 Å². The molecule has 1 aliphatic carbocycles. The molecular weight excluding hydrogens is 252 g/mol. The number of allylic oxidation sites excluding steroid dienone is 3. The molecule has 0 saturated heterocycles. The van der Waals surface area contributed by atoms with Crippen molar-refractivity contribution >= 4 is 5.91 Å². The Bertz CT molecular complexity index is 350. The summed E-state index contributed by atoms with van der Waals surface area (Å²) in [4.78, 5) is 11.2. The van der Waals surface area contributed by atoms with Gasteiger partial charge in [0.1, 0.15) is 5.76 Å². The molecule has 20 heavy (non-hydrogen) atoms. The predicted octanol–water partition coefficient (Wildman–Crippen LogP) is 2.36. The zero-order valence-corrected chi connectivity index (χ0v) is 12.7. The monoisotopic (exact) mass is 280 g/mol. The minimum absolute atomic E-state index is 0.0683. The second-order valence-corrected chi connectivity index (χ2v) is 5.35. The van der Waals surface area contributed by atoms with Gasteiger partial charge in [-0.15, -0.1) is 0 Å². The van der Waals surface area contributed by atoms with Crippen LogP contribution >= 0.6 is 0 Å².